The summed E-state index contributed by atoms with van der Waals surface area (Å²) in [7, 11) is 1.44. The molecule has 2 N–H and O–H groups in total. The van der Waals surface area contributed by atoms with Crippen molar-refractivity contribution in [2.75, 3.05) is 12.3 Å². The highest BCUT2D eigenvalue weighted by Crippen LogP contribution is 2.45. The quantitative estimate of drug-likeness (QED) is 0.305. The number of hydrogen-bond acceptors (Lipinski definition) is 8. The zero-order chi connectivity index (χ0) is 25.2. The van der Waals surface area contributed by atoms with Gasteiger partial charge in [0, 0.05) is 6.07 Å². The molecular weight excluding hydrogens is 469 g/mol. The second-order valence-electron chi connectivity index (χ2n) is 7.37. The van der Waals surface area contributed by atoms with Gasteiger partial charge in [-0.2, -0.15) is 13.2 Å². The van der Waals surface area contributed by atoms with Gasteiger partial charge < -0.3 is 29.5 Å². The Morgan fingerprint density at radius 3 is 2.23 bits per heavy atom. The Labute approximate surface area is 196 Å². The monoisotopic (exact) mass is 487 g/mol. The first-order chi connectivity index (χ1) is 16.7. The highest BCUT2D eigenvalue weighted by Gasteiger charge is 2.40. The van der Waals surface area contributed by atoms with E-state index in [0.29, 0.717) is 11.3 Å². The molecule has 8 nitrogen and oxygen atoms in total. The molecule has 3 aromatic carbocycles. The zero-order valence-corrected chi connectivity index (χ0v) is 18.1. The van der Waals surface area contributed by atoms with Crippen LogP contribution in [-0.4, -0.2) is 22.6 Å². The van der Waals surface area contributed by atoms with E-state index in [1.54, 1.807) is 12.1 Å². The molecular formula is C24H18F3N2O6-. The molecule has 1 heterocycles. The fourth-order valence-corrected chi connectivity index (χ4v) is 3.37. The Morgan fingerprint density at radius 2 is 1.66 bits per heavy atom. The molecule has 0 aliphatic heterocycles. The van der Waals surface area contributed by atoms with Crippen LogP contribution in [0.15, 0.2) is 71.3 Å². The zero-order valence-electron chi connectivity index (χ0n) is 18.1. The van der Waals surface area contributed by atoms with Crippen molar-refractivity contribution in [2.24, 2.45) is 0 Å². The predicted octanol–water partition coefficient (Wildman–Crippen LogP) is 6.01. The van der Waals surface area contributed by atoms with Crippen molar-refractivity contribution < 1.29 is 37.5 Å². The topological polar surface area (TPSA) is 111 Å². The maximum absolute atomic E-state index is 13.6. The summed E-state index contributed by atoms with van der Waals surface area (Å²) >= 11 is 0. The van der Waals surface area contributed by atoms with Crippen LogP contribution in [0.5, 0.6) is 17.2 Å². The standard InChI is InChI=1S/C24H18F3N2O6/c1-33-17-8-4-15(5-9-17)21-22(35-28-23(21)24(25,26)27)19-11-10-18(12-20(19)30)34-13-14-2-6-16(7-3-14)29(31)32/h2-12,30-31H,13H2,1H3/q-1. The number of phenolic OH excluding ortho intramolecular Hbond substituents is 1. The lowest BCUT2D eigenvalue weighted by atomic mass is 9.98. The number of aromatic hydroxyl groups is 1. The van der Waals surface area contributed by atoms with E-state index >= 15 is 0 Å². The third-order valence-electron chi connectivity index (χ3n) is 5.12. The Balaban J connectivity index is 1.63. The van der Waals surface area contributed by atoms with E-state index in [0.717, 1.165) is 0 Å². The molecule has 35 heavy (non-hydrogen) atoms. The number of anilines is 1. The first kappa shape index (κ1) is 23.9. The van der Waals surface area contributed by atoms with Crippen LogP contribution < -0.4 is 14.7 Å². The average molecular weight is 487 g/mol. The van der Waals surface area contributed by atoms with Gasteiger partial charge in [-0.25, -0.2) is 0 Å². The smallest absolute Gasteiger partial charge is 0.437 e. The molecule has 0 atom stereocenters. The fraction of sp³-hybridized carbons (Fsp3) is 0.125. The lowest BCUT2D eigenvalue weighted by Gasteiger charge is -2.21. The molecule has 0 saturated carbocycles. The van der Waals surface area contributed by atoms with E-state index in [1.807, 2.05) is 0 Å². The van der Waals surface area contributed by atoms with E-state index in [1.165, 1.54) is 61.7 Å². The van der Waals surface area contributed by atoms with Gasteiger partial charge in [-0.05, 0) is 47.5 Å². The normalized spacial score (nSPS) is 11.4. The molecule has 0 unspecified atom stereocenters. The number of phenols is 1. The molecule has 11 heteroatoms. The van der Waals surface area contributed by atoms with Gasteiger partial charge in [0.25, 0.3) is 0 Å². The number of benzene rings is 3. The molecule has 0 bridgehead atoms. The van der Waals surface area contributed by atoms with Crippen molar-refractivity contribution in [3.8, 4) is 39.7 Å². The minimum atomic E-state index is -4.79. The van der Waals surface area contributed by atoms with E-state index < -0.39 is 11.9 Å². The molecule has 1 aromatic heterocycles. The third-order valence-corrected chi connectivity index (χ3v) is 5.12. The van der Waals surface area contributed by atoms with Crippen LogP contribution in [0.3, 0.4) is 0 Å². The van der Waals surface area contributed by atoms with Gasteiger partial charge in [-0.1, -0.05) is 29.4 Å². The fourth-order valence-electron chi connectivity index (χ4n) is 3.37. The summed E-state index contributed by atoms with van der Waals surface area (Å²) < 4.78 is 56.6. The van der Waals surface area contributed by atoms with Crippen molar-refractivity contribution in [1.29, 1.82) is 0 Å². The van der Waals surface area contributed by atoms with Crippen LogP contribution in [0.1, 0.15) is 11.3 Å². The number of nitrogens with zero attached hydrogens (tertiary/aromatic N) is 2. The van der Waals surface area contributed by atoms with Crippen LogP contribution in [0.4, 0.5) is 18.9 Å². The van der Waals surface area contributed by atoms with Crippen molar-refractivity contribution in [1.82, 2.24) is 5.16 Å². The van der Waals surface area contributed by atoms with Crippen LogP contribution in [0, 0.1) is 5.21 Å². The largest absolute Gasteiger partial charge is 0.733 e. The van der Waals surface area contributed by atoms with E-state index in [-0.39, 0.29) is 51.5 Å². The highest BCUT2D eigenvalue weighted by molar-refractivity contribution is 5.84. The Bertz CT molecular complexity index is 1300. The second-order valence-corrected chi connectivity index (χ2v) is 7.37. The van der Waals surface area contributed by atoms with Crippen LogP contribution in [0.2, 0.25) is 0 Å². The molecule has 0 saturated heterocycles. The average Bonchev–Trinajstić information content (AvgIpc) is 3.28. The number of hydrogen-bond donors (Lipinski definition) is 2. The first-order valence-corrected chi connectivity index (χ1v) is 10.1. The van der Waals surface area contributed by atoms with Crippen LogP contribution >= 0.6 is 0 Å². The van der Waals surface area contributed by atoms with Gasteiger partial charge in [0.15, 0.2) is 11.5 Å². The number of methoxy groups -OCH3 is 1. The second kappa shape index (κ2) is 9.57. The SMILES string of the molecule is COc1ccc(-c2c(C(F)(F)F)noc2-c2ccc(OCc3ccc(N([O-])O)cc3)cc2O)cc1. The number of rotatable bonds is 7. The van der Waals surface area contributed by atoms with E-state index in [4.69, 9.17) is 19.2 Å². The number of aromatic nitrogens is 1. The maximum Gasteiger partial charge on any atom is 0.437 e. The Hall–Kier alpha value is -4.22. The molecule has 0 fully saturated rings. The van der Waals surface area contributed by atoms with Gasteiger partial charge in [0.05, 0.1) is 23.9 Å². The maximum atomic E-state index is 13.6. The summed E-state index contributed by atoms with van der Waals surface area (Å²) in [6.45, 7) is 0.0704. The molecule has 0 aliphatic rings. The van der Waals surface area contributed by atoms with Gasteiger partial charge >= 0.3 is 6.18 Å². The molecule has 4 aromatic rings. The minimum Gasteiger partial charge on any atom is -0.733 e. The van der Waals surface area contributed by atoms with Crippen molar-refractivity contribution in [3.63, 3.8) is 0 Å². The summed E-state index contributed by atoms with van der Waals surface area (Å²) in [6.07, 6.45) is -4.79. The van der Waals surface area contributed by atoms with Crippen molar-refractivity contribution in [2.45, 2.75) is 12.8 Å². The van der Waals surface area contributed by atoms with E-state index in [2.05, 4.69) is 5.16 Å². The Kier molecular flexibility index (Phi) is 6.54. The van der Waals surface area contributed by atoms with Gasteiger partial charge in [0.1, 0.15) is 23.9 Å². The molecule has 182 valence electrons. The Morgan fingerprint density at radius 1 is 1.00 bits per heavy atom. The van der Waals surface area contributed by atoms with Gasteiger partial charge in [0.2, 0.25) is 0 Å². The van der Waals surface area contributed by atoms with E-state index in [9.17, 15) is 23.5 Å². The molecule has 0 spiro atoms. The van der Waals surface area contributed by atoms with Crippen LogP contribution in [0.25, 0.3) is 22.5 Å². The summed E-state index contributed by atoms with van der Waals surface area (Å²) in [5, 5.41) is 33.3. The molecule has 0 amide bonds. The van der Waals surface area contributed by atoms with Gasteiger partial charge in [-0.3, -0.25) is 5.21 Å². The third kappa shape index (κ3) is 5.15. The highest BCUT2D eigenvalue weighted by atomic mass is 19.4. The summed E-state index contributed by atoms with van der Waals surface area (Å²) in [4.78, 5) is 0. The first-order valence-electron chi connectivity index (χ1n) is 10.1. The summed E-state index contributed by atoms with van der Waals surface area (Å²) in [5.41, 5.74) is -0.647. The molecule has 4 rings (SSSR count). The minimum absolute atomic E-state index is 0.00555. The summed E-state index contributed by atoms with van der Waals surface area (Å²) in [5.74, 6) is 0.0681. The number of alkyl halides is 3. The van der Waals surface area contributed by atoms with Crippen LogP contribution in [-0.2, 0) is 12.8 Å². The van der Waals surface area contributed by atoms with Crippen molar-refractivity contribution >= 4 is 5.69 Å². The summed E-state index contributed by atoms with van der Waals surface area (Å²) in [6, 6.07) is 15.9. The van der Waals surface area contributed by atoms with Gasteiger partial charge in [-0.15, -0.1) is 0 Å². The molecule has 0 aliphatic carbocycles. The van der Waals surface area contributed by atoms with Crippen molar-refractivity contribution in [3.05, 3.63) is 83.2 Å². The lowest BCUT2D eigenvalue weighted by Crippen LogP contribution is -2.07. The number of halogens is 3. The predicted molar refractivity (Wildman–Crippen MR) is 119 cm³/mol. The number of ether oxygens (including phenoxy) is 2. The lowest BCUT2D eigenvalue weighted by molar-refractivity contribution is -0.142. The molecule has 0 radical (unpaired) electrons.